The van der Waals surface area contributed by atoms with Gasteiger partial charge in [0.15, 0.2) is 11.4 Å². The Morgan fingerprint density at radius 1 is 1.41 bits per heavy atom. The standard InChI is InChI=1S/C11H10ClN3O2/c1-15-10(9(17-2)6-14-15)11(16)8-4-3-7(12)5-13-8/h3-6H,1-2H3. The van der Waals surface area contributed by atoms with Crippen molar-refractivity contribution in [3.8, 4) is 5.75 Å². The zero-order chi connectivity index (χ0) is 12.4. The number of ether oxygens (including phenoxy) is 1. The molecule has 0 atom stereocenters. The van der Waals surface area contributed by atoms with Crippen molar-refractivity contribution in [3.63, 3.8) is 0 Å². The van der Waals surface area contributed by atoms with Crippen molar-refractivity contribution in [2.45, 2.75) is 0 Å². The molecule has 0 aliphatic heterocycles. The molecule has 0 spiro atoms. The normalized spacial score (nSPS) is 10.3. The van der Waals surface area contributed by atoms with E-state index in [0.717, 1.165) is 0 Å². The highest BCUT2D eigenvalue weighted by Crippen LogP contribution is 2.20. The number of carbonyl (C=O) groups is 1. The van der Waals surface area contributed by atoms with Gasteiger partial charge < -0.3 is 4.74 Å². The predicted molar refractivity (Wildman–Crippen MR) is 62.4 cm³/mol. The van der Waals surface area contributed by atoms with Crippen molar-refractivity contribution in [1.82, 2.24) is 14.8 Å². The molecule has 6 heteroatoms. The van der Waals surface area contributed by atoms with E-state index in [1.807, 2.05) is 0 Å². The number of halogens is 1. The van der Waals surface area contributed by atoms with Crippen LogP contribution in [0.4, 0.5) is 0 Å². The van der Waals surface area contributed by atoms with Crippen molar-refractivity contribution in [2.24, 2.45) is 7.05 Å². The Hall–Kier alpha value is -1.88. The van der Waals surface area contributed by atoms with Crippen molar-refractivity contribution < 1.29 is 9.53 Å². The largest absolute Gasteiger partial charge is 0.493 e. The van der Waals surface area contributed by atoms with Gasteiger partial charge in [0.05, 0.1) is 18.3 Å². The summed E-state index contributed by atoms with van der Waals surface area (Å²) in [6.45, 7) is 0. The van der Waals surface area contributed by atoms with Crippen LogP contribution in [-0.2, 0) is 7.05 Å². The second-order valence-corrected chi connectivity index (χ2v) is 3.81. The zero-order valence-corrected chi connectivity index (χ0v) is 10.1. The second kappa shape index (κ2) is 4.55. The number of aromatic nitrogens is 3. The van der Waals surface area contributed by atoms with E-state index in [4.69, 9.17) is 16.3 Å². The lowest BCUT2D eigenvalue weighted by atomic mass is 10.2. The van der Waals surface area contributed by atoms with Crippen LogP contribution < -0.4 is 4.74 Å². The van der Waals surface area contributed by atoms with Crippen molar-refractivity contribution in [2.75, 3.05) is 7.11 Å². The molecule has 2 rings (SSSR count). The molecule has 0 saturated heterocycles. The van der Waals surface area contributed by atoms with Crippen LogP contribution in [0.5, 0.6) is 5.75 Å². The van der Waals surface area contributed by atoms with Crippen LogP contribution in [0.2, 0.25) is 5.02 Å². The van der Waals surface area contributed by atoms with E-state index in [0.29, 0.717) is 22.2 Å². The first-order valence-corrected chi connectivity index (χ1v) is 5.23. The smallest absolute Gasteiger partial charge is 0.233 e. The first kappa shape index (κ1) is 11.6. The molecule has 0 aliphatic rings. The lowest BCUT2D eigenvalue weighted by Crippen LogP contribution is -2.11. The van der Waals surface area contributed by atoms with Crippen LogP contribution in [0.1, 0.15) is 16.2 Å². The fourth-order valence-corrected chi connectivity index (χ4v) is 1.57. The summed E-state index contributed by atoms with van der Waals surface area (Å²) in [7, 11) is 3.16. The Kier molecular flexibility index (Phi) is 3.10. The van der Waals surface area contributed by atoms with Crippen LogP contribution in [0.25, 0.3) is 0 Å². The number of pyridine rings is 1. The molecule has 0 unspecified atom stereocenters. The monoisotopic (exact) mass is 251 g/mol. The number of hydrogen-bond acceptors (Lipinski definition) is 4. The first-order chi connectivity index (χ1) is 8.13. The molecule has 5 nitrogen and oxygen atoms in total. The average molecular weight is 252 g/mol. The minimum absolute atomic E-state index is 0.251. The van der Waals surface area contributed by atoms with E-state index >= 15 is 0 Å². The van der Waals surface area contributed by atoms with Gasteiger partial charge in [-0.1, -0.05) is 11.6 Å². The summed E-state index contributed by atoms with van der Waals surface area (Å²) in [5.41, 5.74) is 0.665. The molecule has 88 valence electrons. The number of ketones is 1. The van der Waals surface area contributed by atoms with E-state index in [1.165, 1.54) is 24.2 Å². The van der Waals surface area contributed by atoms with Crippen molar-refractivity contribution >= 4 is 17.4 Å². The second-order valence-electron chi connectivity index (χ2n) is 3.38. The highest BCUT2D eigenvalue weighted by molar-refractivity contribution is 6.30. The summed E-state index contributed by atoms with van der Waals surface area (Å²) >= 11 is 5.72. The van der Waals surface area contributed by atoms with E-state index in [-0.39, 0.29) is 5.78 Å². The van der Waals surface area contributed by atoms with Crippen molar-refractivity contribution in [3.05, 3.63) is 40.9 Å². The maximum atomic E-state index is 12.2. The van der Waals surface area contributed by atoms with Gasteiger partial charge in [0.1, 0.15) is 5.69 Å². The molecule has 0 bridgehead atoms. The number of aryl methyl sites for hydroxylation is 1. The Balaban J connectivity index is 2.43. The van der Waals surface area contributed by atoms with Gasteiger partial charge in [-0.15, -0.1) is 0 Å². The quantitative estimate of drug-likeness (QED) is 0.780. The molecule has 0 N–H and O–H groups in total. The molecule has 0 aliphatic carbocycles. The van der Waals surface area contributed by atoms with Gasteiger partial charge in [-0.25, -0.2) is 0 Å². The Morgan fingerprint density at radius 3 is 2.76 bits per heavy atom. The molecular formula is C11H10ClN3O2. The summed E-state index contributed by atoms with van der Waals surface area (Å²) < 4.78 is 6.53. The lowest BCUT2D eigenvalue weighted by Gasteiger charge is -2.03. The number of methoxy groups -OCH3 is 1. The summed E-state index contributed by atoms with van der Waals surface area (Å²) in [6, 6.07) is 3.18. The van der Waals surface area contributed by atoms with Crippen molar-refractivity contribution in [1.29, 1.82) is 0 Å². The van der Waals surface area contributed by atoms with Gasteiger partial charge in [-0.3, -0.25) is 14.5 Å². The number of nitrogens with zero attached hydrogens (tertiary/aromatic N) is 3. The maximum absolute atomic E-state index is 12.2. The Morgan fingerprint density at radius 2 is 2.18 bits per heavy atom. The topological polar surface area (TPSA) is 57.0 Å². The first-order valence-electron chi connectivity index (χ1n) is 4.85. The molecule has 2 aromatic rings. The average Bonchev–Trinajstić information content (AvgIpc) is 2.70. The highest BCUT2D eigenvalue weighted by Gasteiger charge is 2.20. The molecule has 17 heavy (non-hydrogen) atoms. The summed E-state index contributed by atoms with van der Waals surface area (Å²) in [4.78, 5) is 16.1. The number of rotatable bonds is 3. The number of hydrogen-bond donors (Lipinski definition) is 0. The van der Waals surface area contributed by atoms with Crippen LogP contribution in [0, 0.1) is 0 Å². The SMILES string of the molecule is COc1cnn(C)c1C(=O)c1ccc(Cl)cn1. The highest BCUT2D eigenvalue weighted by atomic mass is 35.5. The zero-order valence-electron chi connectivity index (χ0n) is 9.35. The maximum Gasteiger partial charge on any atom is 0.233 e. The molecule has 0 aromatic carbocycles. The van der Waals surface area contributed by atoms with Gasteiger partial charge in [0.2, 0.25) is 5.78 Å². The molecule has 0 radical (unpaired) electrons. The minimum atomic E-state index is -0.251. The van der Waals surface area contributed by atoms with E-state index in [1.54, 1.807) is 19.2 Å². The molecule has 2 heterocycles. The van der Waals surface area contributed by atoms with Crippen LogP contribution in [0.3, 0.4) is 0 Å². The molecule has 0 saturated carbocycles. The van der Waals surface area contributed by atoms with Crippen LogP contribution >= 0.6 is 11.6 Å². The van der Waals surface area contributed by atoms with Crippen LogP contribution in [0.15, 0.2) is 24.5 Å². The van der Waals surface area contributed by atoms with Gasteiger partial charge >= 0.3 is 0 Å². The van der Waals surface area contributed by atoms with Crippen LogP contribution in [-0.4, -0.2) is 27.7 Å². The Labute approximate surface area is 103 Å². The Bertz CT molecular complexity index is 548. The minimum Gasteiger partial charge on any atom is -0.493 e. The summed E-state index contributed by atoms with van der Waals surface area (Å²) in [5, 5.41) is 4.45. The third-order valence-corrected chi connectivity index (χ3v) is 2.52. The molecular weight excluding hydrogens is 242 g/mol. The van der Waals surface area contributed by atoms with Gasteiger partial charge in [-0.05, 0) is 12.1 Å². The van der Waals surface area contributed by atoms with E-state index in [9.17, 15) is 4.79 Å². The molecule has 2 aromatic heterocycles. The van der Waals surface area contributed by atoms with E-state index < -0.39 is 0 Å². The fourth-order valence-electron chi connectivity index (χ4n) is 1.46. The summed E-state index contributed by atoms with van der Waals surface area (Å²) in [6.07, 6.45) is 2.92. The lowest BCUT2D eigenvalue weighted by molar-refractivity contribution is 0.102. The van der Waals surface area contributed by atoms with Gasteiger partial charge in [0.25, 0.3) is 0 Å². The molecule has 0 fully saturated rings. The third kappa shape index (κ3) is 2.14. The van der Waals surface area contributed by atoms with Gasteiger partial charge in [-0.2, -0.15) is 5.10 Å². The molecule has 0 amide bonds. The number of carbonyl (C=O) groups excluding carboxylic acids is 1. The fraction of sp³-hybridized carbons (Fsp3) is 0.182. The van der Waals surface area contributed by atoms with E-state index in [2.05, 4.69) is 10.1 Å². The summed E-state index contributed by atoms with van der Waals surface area (Å²) in [5.74, 6) is 0.174. The van der Waals surface area contributed by atoms with Gasteiger partial charge in [0, 0.05) is 13.2 Å². The third-order valence-electron chi connectivity index (χ3n) is 2.30. The predicted octanol–water partition coefficient (Wildman–Crippen LogP) is 1.71.